The first-order chi connectivity index (χ1) is 14.1. The number of hydrogen-bond donors (Lipinski definition) is 1. The molecule has 4 rings (SSSR count). The number of amides is 2. The smallest absolute Gasteiger partial charge is 0.227 e. The molecule has 0 spiro atoms. The van der Waals surface area contributed by atoms with Crippen molar-refractivity contribution in [3.63, 3.8) is 0 Å². The molecule has 0 radical (unpaired) electrons. The maximum absolute atomic E-state index is 13.2. The van der Waals surface area contributed by atoms with Gasteiger partial charge in [-0.05, 0) is 35.4 Å². The SMILES string of the molecule is O=C(NC(c1ccccc1)c1ccccc1)C1CC(=O)N(c2ccc(F)cc2)C1. The Bertz CT molecular complexity index is 951. The second-order valence-corrected chi connectivity index (χ2v) is 7.14. The highest BCUT2D eigenvalue weighted by Gasteiger charge is 2.36. The van der Waals surface area contributed by atoms with Gasteiger partial charge in [-0.1, -0.05) is 60.7 Å². The van der Waals surface area contributed by atoms with Crippen LogP contribution in [0.15, 0.2) is 84.9 Å². The summed E-state index contributed by atoms with van der Waals surface area (Å²) in [5.74, 6) is -1.11. The second-order valence-electron chi connectivity index (χ2n) is 7.14. The molecule has 29 heavy (non-hydrogen) atoms. The lowest BCUT2D eigenvalue weighted by atomic mass is 9.97. The van der Waals surface area contributed by atoms with Crippen molar-refractivity contribution in [2.24, 2.45) is 5.92 Å². The monoisotopic (exact) mass is 388 g/mol. The number of hydrogen-bond acceptors (Lipinski definition) is 2. The van der Waals surface area contributed by atoms with Crippen LogP contribution in [0.2, 0.25) is 0 Å². The molecule has 146 valence electrons. The van der Waals surface area contributed by atoms with Gasteiger partial charge in [0.25, 0.3) is 0 Å². The van der Waals surface area contributed by atoms with Crippen LogP contribution in [0.25, 0.3) is 0 Å². The number of nitrogens with one attached hydrogen (secondary N) is 1. The summed E-state index contributed by atoms with van der Waals surface area (Å²) in [5, 5.41) is 3.12. The second kappa shape index (κ2) is 8.27. The van der Waals surface area contributed by atoms with E-state index in [9.17, 15) is 14.0 Å². The molecule has 1 unspecified atom stereocenters. The molecule has 5 heteroatoms. The highest BCUT2D eigenvalue weighted by atomic mass is 19.1. The molecule has 1 atom stereocenters. The summed E-state index contributed by atoms with van der Waals surface area (Å²) in [6.07, 6.45) is 0.138. The first-order valence-electron chi connectivity index (χ1n) is 9.58. The third-order valence-corrected chi connectivity index (χ3v) is 5.19. The van der Waals surface area contributed by atoms with E-state index in [2.05, 4.69) is 5.32 Å². The van der Waals surface area contributed by atoms with Crippen molar-refractivity contribution in [3.05, 3.63) is 102 Å². The molecule has 1 N–H and O–H groups in total. The maximum Gasteiger partial charge on any atom is 0.227 e. The van der Waals surface area contributed by atoms with Gasteiger partial charge in [0.1, 0.15) is 5.82 Å². The lowest BCUT2D eigenvalue weighted by molar-refractivity contribution is -0.126. The fourth-order valence-corrected chi connectivity index (χ4v) is 3.66. The average Bonchev–Trinajstić information content (AvgIpc) is 3.15. The Morgan fingerprint density at radius 3 is 2.00 bits per heavy atom. The van der Waals surface area contributed by atoms with E-state index in [4.69, 9.17) is 0 Å². The molecule has 0 aliphatic carbocycles. The number of nitrogens with zero attached hydrogens (tertiary/aromatic N) is 1. The van der Waals surface area contributed by atoms with E-state index in [0.29, 0.717) is 5.69 Å². The van der Waals surface area contributed by atoms with Gasteiger partial charge < -0.3 is 10.2 Å². The summed E-state index contributed by atoms with van der Waals surface area (Å²) in [6.45, 7) is 0.284. The Morgan fingerprint density at radius 1 is 0.897 bits per heavy atom. The van der Waals surface area contributed by atoms with Gasteiger partial charge in [-0.3, -0.25) is 9.59 Å². The first-order valence-corrected chi connectivity index (χ1v) is 9.58. The third-order valence-electron chi connectivity index (χ3n) is 5.19. The molecule has 3 aromatic rings. The zero-order valence-electron chi connectivity index (χ0n) is 15.8. The molecule has 4 nitrogen and oxygen atoms in total. The van der Waals surface area contributed by atoms with Gasteiger partial charge in [0.05, 0.1) is 12.0 Å². The minimum atomic E-state index is -0.456. The van der Waals surface area contributed by atoms with Crippen LogP contribution in [0.1, 0.15) is 23.6 Å². The Balaban J connectivity index is 1.52. The van der Waals surface area contributed by atoms with Gasteiger partial charge in [0, 0.05) is 18.7 Å². The molecule has 2 amide bonds. The summed E-state index contributed by atoms with van der Waals surface area (Å²) in [6, 6.07) is 25.0. The predicted molar refractivity (Wildman–Crippen MR) is 110 cm³/mol. The standard InChI is InChI=1S/C24H21FN2O2/c25-20-11-13-21(14-12-20)27-16-19(15-22(27)28)24(29)26-23(17-7-3-1-4-8-17)18-9-5-2-6-10-18/h1-14,19,23H,15-16H2,(H,26,29). The lowest BCUT2D eigenvalue weighted by Gasteiger charge is -2.22. The van der Waals surface area contributed by atoms with E-state index in [1.807, 2.05) is 60.7 Å². The van der Waals surface area contributed by atoms with Crippen LogP contribution < -0.4 is 10.2 Å². The van der Waals surface area contributed by atoms with Gasteiger partial charge in [0.2, 0.25) is 11.8 Å². The largest absolute Gasteiger partial charge is 0.345 e. The van der Waals surface area contributed by atoms with Crippen molar-refractivity contribution in [1.82, 2.24) is 5.32 Å². The molecule has 0 aromatic heterocycles. The minimum absolute atomic E-state index is 0.132. The van der Waals surface area contributed by atoms with E-state index in [1.165, 1.54) is 12.1 Å². The quantitative estimate of drug-likeness (QED) is 0.716. The van der Waals surface area contributed by atoms with Crippen molar-refractivity contribution >= 4 is 17.5 Å². The molecule has 1 heterocycles. The summed E-state index contributed by atoms with van der Waals surface area (Å²) < 4.78 is 13.2. The number of carbonyl (C=O) groups excluding carboxylic acids is 2. The predicted octanol–water partition coefficient (Wildman–Crippen LogP) is 4.08. The third kappa shape index (κ3) is 4.19. The van der Waals surface area contributed by atoms with Gasteiger partial charge in [-0.2, -0.15) is 0 Å². The van der Waals surface area contributed by atoms with E-state index in [0.717, 1.165) is 11.1 Å². The van der Waals surface area contributed by atoms with Crippen molar-refractivity contribution in [2.75, 3.05) is 11.4 Å². The minimum Gasteiger partial charge on any atom is -0.345 e. The van der Waals surface area contributed by atoms with Crippen LogP contribution in [0.5, 0.6) is 0 Å². The Hall–Kier alpha value is -3.47. The zero-order chi connectivity index (χ0) is 20.2. The fourth-order valence-electron chi connectivity index (χ4n) is 3.66. The maximum atomic E-state index is 13.2. The summed E-state index contributed by atoms with van der Waals surface area (Å²) in [7, 11) is 0. The molecule has 1 saturated heterocycles. The summed E-state index contributed by atoms with van der Waals surface area (Å²) in [4.78, 5) is 27.0. The number of rotatable bonds is 5. The van der Waals surface area contributed by atoms with Gasteiger partial charge >= 0.3 is 0 Å². The van der Waals surface area contributed by atoms with Gasteiger partial charge in [-0.25, -0.2) is 4.39 Å². The molecule has 1 aliphatic rings. The van der Waals surface area contributed by atoms with Gasteiger partial charge in [-0.15, -0.1) is 0 Å². The number of benzene rings is 3. The van der Waals surface area contributed by atoms with Crippen molar-refractivity contribution in [3.8, 4) is 0 Å². The molecule has 3 aromatic carbocycles. The van der Waals surface area contributed by atoms with E-state index in [-0.39, 0.29) is 36.6 Å². The Morgan fingerprint density at radius 2 is 1.45 bits per heavy atom. The Kier molecular flexibility index (Phi) is 5.38. The van der Waals surface area contributed by atoms with Crippen LogP contribution in [0, 0.1) is 11.7 Å². The van der Waals surface area contributed by atoms with Crippen molar-refractivity contribution in [1.29, 1.82) is 0 Å². The highest BCUT2D eigenvalue weighted by Crippen LogP contribution is 2.27. The Labute approximate surface area is 169 Å². The van der Waals surface area contributed by atoms with E-state index < -0.39 is 5.92 Å². The van der Waals surface area contributed by atoms with Crippen molar-refractivity contribution in [2.45, 2.75) is 12.5 Å². The topological polar surface area (TPSA) is 49.4 Å². The molecule has 1 aliphatic heterocycles. The van der Waals surface area contributed by atoms with Crippen LogP contribution >= 0.6 is 0 Å². The van der Waals surface area contributed by atoms with Crippen LogP contribution in [-0.4, -0.2) is 18.4 Å². The number of halogens is 1. The van der Waals surface area contributed by atoms with Gasteiger partial charge in [0.15, 0.2) is 0 Å². The van der Waals surface area contributed by atoms with Crippen LogP contribution in [-0.2, 0) is 9.59 Å². The first kappa shape index (κ1) is 18.9. The molecular formula is C24H21FN2O2. The summed E-state index contributed by atoms with van der Waals surface area (Å²) in [5.41, 5.74) is 2.56. The van der Waals surface area contributed by atoms with E-state index in [1.54, 1.807) is 17.0 Å². The normalized spacial score (nSPS) is 16.3. The van der Waals surface area contributed by atoms with E-state index >= 15 is 0 Å². The molecular weight excluding hydrogens is 367 g/mol. The van der Waals surface area contributed by atoms with Crippen molar-refractivity contribution < 1.29 is 14.0 Å². The molecule has 0 bridgehead atoms. The fraction of sp³-hybridized carbons (Fsp3) is 0.167. The summed E-state index contributed by atoms with van der Waals surface area (Å²) >= 11 is 0. The molecule has 0 saturated carbocycles. The zero-order valence-corrected chi connectivity index (χ0v) is 15.8. The number of carbonyl (C=O) groups is 2. The number of anilines is 1. The van der Waals surface area contributed by atoms with Crippen LogP contribution in [0.4, 0.5) is 10.1 Å². The molecule has 1 fully saturated rings. The lowest BCUT2D eigenvalue weighted by Crippen LogP contribution is -2.36. The highest BCUT2D eigenvalue weighted by molar-refractivity contribution is 6.00. The van der Waals surface area contributed by atoms with Crippen LogP contribution in [0.3, 0.4) is 0 Å². The average molecular weight is 388 g/mol.